The van der Waals surface area contributed by atoms with E-state index in [4.69, 9.17) is 15.7 Å². The molecular formula is C14H27N3O3. The Labute approximate surface area is 120 Å². The maximum atomic E-state index is 11.9. The number of likely N-dealkylation sites (tertiary alicyclic amines) is 1. The molecule has 0 unspecified atom stereocenters. The van der Waals surface area contributed by atoms with Crippen LogP contribution in [0.25, 0.3) is 0 Å². The summed E-state index contributed by atoms with van der Waals surface area (Å²) in [6.45, 7) is 7.15. The highest BCUT2D eigenvalue weighted by molar-refractivity contribution is 5.79. The molecule has 0 bridgehead atoms. The van der Waals surface area contributed by atoms with Gasteiger partial charge < -0.3 is 20.6 Å². The van der Waals surface area contributed by atoms with Crippen LogP contribution in [0.3, 0.4) is 0 Å². The maximum Gasteiger partial charge on any atom is 0.410 e. The van der Waals surface area contributed by atoms with Crippen molar-refractivity contribution in [3.05, 3.63) is 0 Å². The Morgan fingerprint density at radius 2 is 2.00 bits per heavy atom. The van der Waals surface area contributed by atoms with Gasteiger partial charge in [0.1, 0.15) is 11.4 Å². The highest BCUT2D eigenvalue weighted by atomic mass is 16.6. The summed E-state index contributed by atoms with van der Waals surface area (Å²) in [4.78, 5) is 13.7. The van der Waals surface area contributed by atoms with Crippen LogP contribution >= 0.6 is 0 Å². The Morgan fingerprint density at radius 1 is 1.40 bits per heavy atom. The number of ether oxygens (including phenoxy) is 1. The van der Waals surface area contributed by atoms with Crippen LogP contribution in [-0.2, 0) is 4.74 Å². The molecule has 1 heterocycles. The Bertz CT molecular complexity index is 342. The molecule has 0 atom stereocenters. The zero-order chi connectivity index (χ0) is 15.2. The topological polar surface area (TPSA) is 88.2 Å². The maximum absolute atomic E-state index is 11.9. The normalized spacial score (nSPS) is 18.1. The first-order chi connectivity index (χ1) is 9.31. The molecule has 1 amide bonds. The number of hydrogen-bond donors (Lipinski definition) is 2. The number of amidine groups is 1. The van der Waals surface area contributed by atoms with E-state index in [1.54, 1.807) is 4.90 Å². The van der Waals surface area contributed by atoms with Gasteiger partial charge in [0.2, 0.25) is 0 Å². The molecular weight excluding hydrogens is 258 g/mol. The summed E-state index contributed by atoms with van der Waals surface area (Å²) in [6, 6.07) is 0. The number of oxime groups is 1. The number of carbonyl (C=O) groups excluding carboxylic acids is 1. The summed E-state index contributed by atoms with van der Waals surface area (Å²) in [5.41, 5.74) is 5.00. The Hall–Kier alpha value is -1.46. The van der Waals surface area contributed by atoms with Crippen LogP contribution in [0.5, 0.6) is 0 Å². The first-order valence-corrected chi connectivity index (χ1v) is 7.26. The lowest BCUT2D eigenvalue weighted by atomic mass is 9.91. The Kier molecular flexibility index (Phi) is 6.10. The van der Waals surface area contributed by atoms with Crippen LogP contribution in [-0.4, -0.2) is 40.7 Å². The minimum atomic E-state index is -0.435. The summed E-state index contributed by atoms with van der Waals surface area (Å²) in [5, 5.41) is 11.4. The van der Waals surface area contributed by atoms with Gasteiger partial charge in [-0.25, -0.2) is 4.79 Å². The van der Waals surface area contributed by atoms with E-state index in [-0.39, 0.29) is 11.9 Å². The third-order valence-electron chi connectivity index (χ3n) is 3.44. The lowest BCUT2D eigenvalue weighted by molar-refractivity contribution is 0.0181. The van der Waals surface area contributed by atoms with Crippen molar-refractivity contribution < 1.29 is 14.7 Å². The van der Waals surface area contributed by atoms with Crippen molar-refractivity contribution in [1.82, 2.24) is 4.90 Å². The van der Waals surface area contributed by atoms with E-state index in [2.05, 4.69) is 5.16 Å². The highest BCUT2D eigenvalue weighted by Crippen LogP contribution is 2.23. The first kappa shape index (κ1) is 16.6. The van der Waals surface area contributed by atoms with Crippen LogP contribution in [0.2, 0.25) is 0 Å². The second-order valence-electron chi connectivity index (χ2n) is 6.39. The first-order valence-electron chi connectivity index (χ1n) is 7.26. The van der Waals surface area contributed by atoms with Crippen molar-refractivity contribution in [2.24, 2.45) is 16.8 Å². The smallest absolute Gasteiger partial charge is 0.410 e. The number of nitrogens with zero attached hydrogens (tertiary/aromatic N) is 2. The second kappa shape index (κ2) is 7.36. The Balaban J connectivity index is 2.24. The predicted octanol–water partition coefficient (Wildman–Crippen LogP) is 2.55. The molecule has 1 rings (SSSR count). The van der Waals surface area contributed by atoms with E-state index in [9.17, 15) is 4.79 Å². The SMILES string of the molecule is CC(C)(C)OC(=O)N1CCC(CCC/C(N)=N/O)CC1. The molecule has 0 aromatic heterocycles. The second-order valence-corrected chi connectivity index (χ2v) is 6.39. The van der Waals surface area contributed by atoms with Gasteiger partial charge in [-0.3, -0.25) is 0 Å². The van der Waals surface area contributed by atoms with Crippen LogP contribution in [0.1, 0.15) is 52.9 Å². The summed E-state index contributed by atoms with van der Waals surface area (Å²) in [7, 11) is 0. The van der Waals surface area contributed by atoms with Crippen LogP contribution in [0.4, 0.5) is 4.79 Å². The van der Waals surface area contributed by atoms with Crippen LogP contribution in [0.15, 0.2) is 5.16 Å². The fourth-order valence-electron chi connectivity index (χ4n) is 2.35. The quantitative estimate of drug-likeness (QED) is 0.359. The van der Waals surface area contributed by atoms with Gasteiger partial charge in [0.05, 0.1) is 0 Å². The molecule has 1 fully saturated rings. The average molecular weight is 285 g/mol. The minimum Gasteiger partial charge on any atom is -0.444 e. The number of nitrogens with two attached hydrogens (primary N) is 1. The molecule has 0 radical (unpaired) electrons. The molecule has 0 aliphatic carbocycles. The fraction of sp³-hybridized carbons (Fsp3) is 0.857. The van der Waals surface area contributed by atoms with E-state index < -0.39 is 5.60 Å². The van der Waals surface area contributed by atoms with Crippen LogP contribution in [0, 0.1) is 5.92 Å². The van der Waals surface area contributed by atoms with E-state index in [0.29, 0.717) is 12.3 Å². The highest BCUT2D eigenvalue weighted by Gasteiger charge is 2.26. The lowest BCUT2D eigenvalue weighted by Crippen LogP contribution is -2.41. The summed E-state index contributed by atoms with van der Waals surface area (Å²) in [5.74, 6) is 0.899. The predicted molar refractivity (Wildman–Crippen MR) is 77.8 cm³/mol. The van der Waals surface area contributed by atoms with Crippen molar-refractivity contribution in [2.75, 3.05) is 13.1 Å². The third kappa shape index (κ3) is 6.12. The van der Waals surface area contributed by atoms with Gasteiger partial charge in [-0.05, 0) is 52.4 Å². The molecule has 0 aromatic carbocycles. The van der Waals surface area contributed by atoms with E-state index >= 15 is 0 Å². The molecule has 6 heteroatoms. The molecule has 1 aliphatic rings. The lowest BCUT2D eigenvalue weighted by Gasteiger charge is -2.33. The van der Waals surface area contributed by atoms with Crippen molar-refractivity contribution in [3.8, 4) is 0 Å². The van der Waals surface area contributed by atoms with E-state index in [1.807, 2.05) is 20.8 Å². The molecule has 3 N–H and O–H groups in total. The van der Waals surface area contributed by atoms with Gasteiger partial charge in [0, 0.05) is 19.5 Å². The number of rotatable bonds is 4. The van der Waals surface area contributed by atoms with Crippen molar-refractivity contribution in [1.29, 1.82) is 0 Å². The standard InChI is InChI=1S/C14H27N3O3/c1-14(2,3)20-13(18)17-9-7-11(8-10-17)5-4-6-12(15)16-19/h11,19H,4-10H2,1-3H3,(H2,15,16). The zero-order valence-electron chi connectivity index (χ0n) is 12.8. The van der Waals surface area contributed by atoms with E-state index in [1.165, 1.54) is 0 Å². The summed E-state index contributed by atoms with van der Waals surface area (Å²) < 4.78 is 5.37. The van der Waals surface area contributed by atoms with Crippen molar-refractivity contribution in [2.45, 2.75) is 58.5 Å². The number of piperidine rings is 1. The number of carbonyl (C=O) groups is 1. The van der Waals surface area contributed by atoms with Gasteiger partial charge in [0.25, 0.3) is 0 Å². The minimum absolute atomic E-state index is 0.215. The van der Waals surface area contributed by atoms with Gasteiger partial charge in [-0.2, -0.15) is 0 Å². The van der Waals surface area contributed by atoms with Gasteiger partial charge in [-0.1, -0.05) is 5.16 Å². The molecule has 20 heavy (non-hydrogen) atoms. The molecule has 1 aliphatic heterocycles. The largest absolute Gasteiger partial charge is 0.444 e. The molecule has 0 aromatic rings. The zero-order valence-corrected chi connectivity index (χ0v) is 12.8. The van der Waals surface area contributed by atoms with Gasteiger partial charge >= 0.3 is 6.09 Å². The molecule has 0 saturated carbocycles. The van der Waals surface area contributed by atoms with E-state index in [0.717, 1.165) is 38.8 Å². The number of hydrogen-bond acceptors (Lipinski definition) is 4. The fourth-order valence-corrected chi connectivity index (χ4v) is 2.35. The van der Waals surface area contributed by atoms with Gasteiger partial charge in [-0.15, -0.1) is 0 Å². The third-order valence-corrected chi connectivity index (χ3v) is 3.44. The van der Waals surface area contributed by atoms with Crippen molar-refractivity contribution >= 4 is 11.9 Å². The van der Waals surface area contributed by atoms with Gasteiger partial charge in [0.15, 0.2) is 0 Å². The number of amides is 1. The molecule has 6 nitrogen and oxygen atoms in total. The van der Waals surface area contributed by atoms with Crippen LogP contribution < -0.4 is 5.73 Å². The molecule has 0 spiro atoms. The monoisotopic (exact) mass is 285 g/mol. The average Bonchev–Trinajstić information content (AvgIpc) is 2.37. The molecule has 116 valence electrons. The summed E-state index contributed by atoms with van der Waals surface area (Å²) >= 11 is 0. The summed E-state index contributed by atoms with van der Waals surface area (Å²) in [6.07, 6.45) is 4.38. The van der Waals surface area contributed by atoms with Crippen molar-refractivity contribution in [3.63, 3.8) is 0 Å². The molecule has 1 saturated heterocycles. The Morgan fingerprint density at radius 3 is 2.50 bits per heavy atom.